The molecule has 0 aliphatic heterocycles. The number of benzene rings is 2. The van der Waals surface area contributed by atoms with E-state index in [1.807, 2.05) is 19.1 Å². The number of rotatable bonds is 5. The minimum atomic E-state index is -0.609. The molecule has 2 aromatic rings. The molecule has 1 aliphatic carbocycles. The van der Waals surface area contributed by atoms with Gasteiger partial charge in [-0.1, -0.05) is 41.9 Å². The molecular formula is C20H22ClNO2. The van der Waals surface area contributed by atoms with Crippen molar-refractivity contribution in [1.82, 2.24) is 5.32 Å². The van der Waals surface area contributed by atoms with E-state index in [9.17, 15) is 4.79 Å². The van der Waals surface area contributed by atoms with Crippen molar-refractivity contribution in [2.24, 2.45) is 0 Å². The highest BCUT2D eigenvalue weighted by Crippen LogP contribution is 2.26. The number of hydrogen-bond acceptors (Lipinski definition) is 2. The molecule has 0 bridgehead atoms. The van der Waals surface area contributed by atoms with Gasteiger partial charge in [0.25, 0.3) is 5.91 Å². The molecule has 1 N–H and O–H groups in total. The molecule has 4 heteroatoms. The molecule has 24 heavy (non-hydrogen) atoms. The Balaban J connectivity index is 1.62. The maximum atomic E-state index is 12.4. The highest BCUT2D eigenvalue weighted by molar-refractivity contribution is 6.32. The molecule has 0 aromatic heterocycles. The zero-order valence-corrected chi connectivity index (χ0v) is 14.8. The second-order valence-electron chi connectivity index (χ2n) is 6.30. The number of carbonyl (C=O) groups excluding carboxylic acids is 1. The van der Waals surface area contributed by atoms with Gasteiger partial charge in [0.05, 0.1) is 11.1 Å². The minimum Gasteiger partial charge on any atom is -0.479 e. The van der Waals surface area contributed by atoms with E-state index in [1.165, 1.54) is 24.0 Å². The molecule has 2 atom stereocenters. The van der Waals surface area contributed by atoms with E-state index < -0.39 is 6.10 Å². The van der Waals surface area contributed by atoms with Crippen LogP contribution in [0, 0.1) is 0 Å². The van der Waals surface area contributed by atoms with Crippen molar-refractivity contribution < 1.29 is 9.53 Å². The third-order valence-corrected chi connectivity index (χ3v) is 4.80. The van der Waals surface area contributed by atoms with Crippen LogP contribution in [0.1, 0.15) is 43.0 Å². The Kier molecular flexibility index (Phi) is 5.10. The van der Waals surface area contributed by atoms with Crippen LogP contribution in [-0.4, -0.2) is 12.0 Å². The van der Waals surface area contributed by atoms with Crippen LogP contribution in [-0.2, 0) is 17.6 Å². The van der Waals surface area contributed by atoms with E-state index in [0.29, 0.717) is 10.8 Å². The van der Waals surface area contributed by atoms with E-state index in [4.69, 9.17) is 16.3 Å². The molecule has 1 aliphatic rings. The molecule has 0 saturated carbocycles. The zero-order chi connectivity index (χ0) is 17.1. The van der Waals surface area contributed by atoms with Gasteiger partial charge in [0, 0.05) is 0 Å². The van der Waals surface area contributed by atoms with Gasteiger partial charge in [-0.05, 0) is 61.9 Å². The summed E-state index contributed by atoms with van der Waals surface area (Å²) in [6, 6.07) is 13.6. The smallest absolute Gasteiger partial charge is 0.261 e. The van der Waals surface area contributed by atoms with Crippen LogP contribution in [0.4, 0.5) is 0 Å². The monoisotopic (exact) mass is 343 g/mol. The van der Waals surface area contributed by atoms with Gasteiger partial charge in [0.2, 0.25) is 0 Å². The molecule has 0 fully saturated rings. The molecule has 3 nitrogen and oxygen atoms in total. The van der Waals surface area contributed by atoms with Crippen molar-refractivity contribution in [3.05, 3.63) is 64.2 Å². The Morgan fingerprint density at radius 2 is 1.88 bits per heavy atom. The maximum absolute atomic E-state index is 12.4. The first-order valence-corrected chi connectivity index (χ1v) is 8.75. The van der Waals surface area contributed by atoms with Crippen molar-refractivity contribution in [2.75, 3.05) is 0 Å². The van der Waals surface area contributed by atoms with Crippen molar-refractivity contribution in [3.63, 3.8) is 0 Å². The molecule has 0 unspecified atom stereocenters. The first-order chi connectivity index (χ1) is 11.5. The summed E-state index contributed by atoms with van der Waals surface area (Å²) < 4.78 is 5.67. The molecule has 3 rings (SSSR count). The number of aryl methyl sites for hydroxylation is 2. The van der Waals surface area contributed by atoms with Gasteiger partial charge in [-0.15, -0.1) is 0 Å². The average Bonchev–Trinajstić information content (AvgIpc) is 3.04. The van der Waals surface area contributed by atoms with Crippen LogP contribution in [0.5, 0.6) is 5.75 Å². The van der Waals surface area contributed by atoms with Crippen molar-refractivity contribution in [3.8, 4) is 5.75 Å². The van der Waals surface area contributed by atoms with Gasteiger partial charge < -0.3 is 10.1 Å². The fourth-order valence-electron chi connectivity index (χ4n) is 3.06. The molecule has 2 aromatic carbocycles. The standard InChI is InChI=1S/C20H22ClNO2/c1-13(16-11-10-15-6-5-7-17(15)12-16)22-20(23)14(2)24-19-9-4-3-8-18(19)21/h3-4,8-14H,5-7H2,1-2H3,(H,22,23)/t13-,14-/m0/s1. The molecule has 126 valence electrons. The van der Waals surface area contributed by atoms with E-state index in [0.717, 1.165) is 12.0 Å². The summed E-state index contributed by atoms with van der Waals surface area (Å²) in [6.45, 7) is 3.73. The third-order valence-electron chi connectivity index (χ3n) is 4.49. The first-order valence-electron chi connectivity index (χ1n) is 8.38. The molecule has 0 radical (unpaired) electrons. The van der Waals surface area contributed by atoms with Crippen LogP contribution >= 0.6 is 11.6 Å². The minimum absolute atomic E-state index is 0.0549. The number of amides is 1. The van der Waals surface area contributed by atoms with Crippen LogP contribution < -0.4 is 10.1 Å². The second-order valence-corrected chi connectivity index (χ2v) is 6.71. The lowest BCUT2D eigenvalue weighted by Crippen LogP contribution is -2.37. The highest BCUT2D eigenvalue weighted by atomic mass is 35.5. The van der Waals surface area contributed by atoms with Gasteiger partial charge in [0.15, 0.2) is 6.10 Å². The van der Waals surface area contributed by atoms with Crippen molar-refractivity contribution in [2.45, 2.75) is 45.3 Å². The summed E-state index contributed by atoms with van der Waals surface area (Å²) >= 11 is 6.07. The topological polar surface area (TPSA) is 38.3 Å². The second kappa shape index (κ2) is 7.27. The Morgan fingerprint density at radius 1 is 1.12 bits per heavy atom. The van der Waals surface area contributed by atoms with Gasteiger partial charge in [-0.25, -0.2) is 0 Å². The Morgan fingerprint density at radius 3 is 2.67 bits per heavy atom. The van der Waals surface area contributed by atoms with E-state index in [2.05, 4.69) is 23.5 Å². The lowest BCUT2D eigenvalue weighted by molar-refractivity contribution is -0.127. The Labute approximate surface area is 148 Å². The van der Waals surface area contributed by atoms with Gasteiger partial charge in [-0.3, -0.25) is 4.79 Å². The fraction of sp³-hybridized carbons (Fsp3) is 0.350. The number of carbonyl (C=O) groups is 1. The molecule has 0 heterocycles. The highest BCUT2D eigenvalue weighted by Gasteiger charge is 2.20. The van der Waals surface area contributed by atoms with Crippen LogP contribution in [0.3, 0.4) is 0 Å². The number of ether oxygens (including phenoxy) is 1. The molecule has 0 saturated heterocycles. The summed E-state index contributed by atoms with van der Waals surface area (Å²) in [5, 5.41) is 3.52. The SMILES string of the molecule is C[C@H](Oc1ccccc1Cl)C(=O)N[C@@H](C)c1ccc2c(c1)CCC2. The van der Waals surface area contributed by atoms with Crippen molar-refractivity contribution in [1.29, 1.82) is 0 Å². The van der Waals surface area contributed by atoms with Crippen LogP contribution in [0.15, 0.2) is 42.5 Å². The van der Waals surface area contributed by atoms with E-state index in [1.54, 1.807) is 19.1 Å². The third kappa shape index (κ3) is 3.73. The lowest BCUT2D eigenvalue weighted by Gasteiger charge is -2.20. The normalized spacial score (nSPS) is 15.5. The molecule has 1 amide bonds. The van der Waals surface area contributed by atoms with Gasteiger partial charge in [0.1, 0.15) is 5.75 Å². The number of para-hydroxylation sites is 1. The predicted octanol–water partition coefficient (Wildman–Crippen LogP) is 4.47. The Bertz CT molecular complexity index is 744. The summed E-state index contributed by atoms with van der Waals surface area (Å²) in [4.78, 5) is 12.4. The maximum Gasteiger partial charge on any atom is 0.261 e. The fourth-order valence-corrected chi connectivity index (χ4v) is 3.24. The van der Waals surface area contributed by atoms with Gasteiger partial charge in [-0.2, -0.15) is 0 Å². The number of hydrogen-bond donors (Lipinski definition) is 1. The molecular weight excluding hydrogens is 322 g/mol. The summed E-state index contributed by atoms with van der Waals surface area (Å²) in [7, 11) is 0. The summed E-state index contributed by atoms with van der Waals surface area (Å²) in [5.41, 5.74) is 3.98. The Hall–Kier alpha value is -2.00. The largest absolute Gasteiger partial charge is 0.479 e. The van der Waals surface area contributed by atoms with E-state index in [-0.39, 0.29) is 11.9 Å². The number of nitrogens with one attached hydrogen (secondary N) is 1. The quantitative estimate of drug-likeness (QED) is 0.869. The molecule has 0 spiro atoms. The van der Waals surface area contributed by atoms with Crippen molar-refractivity contribution >= 4 is 17.5 Å². The average molecular weight is 344 g/mol. The van der Waals surface area contributed by atoms with Crippen LogP contribution in [0.2, 0.25) is 5.02 Å². The van der Waals surface area contributed by atoms with E-state index >= 15 is 0 Å². The van der Waals surface area contributed by atoms with Crippen LogP contribution in [0.25, 0.3) is 0 Å². The summed E-state index contributed by atoms with van der Waals surface area (Å²) in [6.07, 6.45) is 2.92. The zero-order valence-electron chi connectivity index (χ0n) is 14.0. The summed E-state index contributed by atoms with van der Waals surface area (Å²) in [5.74, 6) is 0.370. The lowest BCUT2D eigenvalue weighted by atomic mass is 10.0. The first kappa shape index (κ1) is 16.8. The number of fused-ring (bicyclic) bond motifs is 1. The predicted molar refractivity (Wildman–Crippen MR) is 96.6 cm³/mol. The van der Waals surface area contributed by atoms with Gasteiger partial charge >= 0.3 is 0 Å². The number of halogens is 1.